The van der Waals surface area contributed by atoms with Crippen LogP contribution in [0.5, 0.6) is 5.75 Å². The molecule has 0 heterocycles. The molecular formula is C12H19BrOS. The molecule has 0 amide bonds. The second-order valence-corrected chi connectivity index (χ2v) is 9.57. The third-order valence-corrected chi connectivity index (χ3v) is 6.81. The molecule has 0 fully saturated rings. The third-order valence-electron chi connectivity index (χ3n) is 2.61. The summed E-state index contributed by atoms with van der Waals surface area (Å²) in [7, 11) is -1.10. The van der Waals surface area contributed by atoms with Gasteiger partial charge in [0.1, 0.15) is 5.75 Å². The maximum absolute atomic E-state index is 6.13. The van der Waals surface area contributed by atoms with Crippen molar-refractivity contribution in [2.24, 2.45) is 0 Å². The van der Waals surface area contributed by atoms with Crippen molar-refractivity contribution in [2.45, 2.75) is 25.5 Å². The summed E-state index contributed by atoms with van der Waals surface area (Å²) in [5.74, 6) is 0.937. The van der Waals surface area contributed by atoms with E-state index in [0.717, 1.165) is 10.2 Å². The molecule has 0 atom stereocenters. The van der Waals surface area contributed by atoms with Crippen LogP contribution in [0.25, 0.3) is 0 Å². The first-order valence-electron chi connectivity index (χ1n) is 4.91. The molecule has 1 nitrogen and oxygen atoms in total. The van der Waals surface area contributed by atoms with Crippen LogP contribution < -0.4 is 4.18 Å². The maximum Gasteiger partial charge on any atom is 0.149 e. The van der Waals surface area contributed by atoms with Crippen molar-refractivity contribution in [1.29, 1.82) is 0 Å². The second-order valence-electron chi connectivity index (χ2n) is 4.86. The Bertz CT molecular complexity index is 342. The SMILES string of the molecule is CC(C)(C)S(C)(C)Oc1ccccc1Br. The highest BCUT2D eigenvalue weighted by Gasteiger charge is 2.30. The summed E-state index contributed by atoms with van der Waals surface area (Å²) >= 11 is 3.50. The van der Waals surface area contributed by atoms with Crippen LogP contribution in [0.4, 0.5) is 0 Å². The van der Waals surface area contributed by atoms with Crippen LogP contribution in [0, 0.1) is 0 Å². The van der Waals surface area contributed by atoms with Crippen molar-refractivity contribution in [2.75, 3.05) is 12.5 Å². The van der Waals surface area contributed by atoms with Crippen molar-refractivity contribution in [3.63, 3.8) is 0 Å². The fraction of sp³-hybridized carbons (Fsp3) is 0.500. The van der Waals surface area contributed by atoms with Crippen LogP contribution in [0.3, 0.4) is 0 Å². The Kier molecular flexibility index (Phi) is 3.77. The number of hydrogen-bond acceptors (Lipinski definition) is 1. The summed E-state index contributed by atoms with van der Waals surface area (Å²) < 4.78 is 7.34. The van der Waals surface area contributed by atoms with Crippen molar-refractivity contribution in [1.82, 2.24) is 0 Å². The number of para-hydroxylation sites is 1. The molecule has 15 heavy (non-hydrogen) atoms. The minimum atomic E-state index is -1.10. The molecule has 1 aromatic rings. The Morgan fingerprint density at radius 2 is 1.67 bits per heavy atom. The standard InChI is InChI=1S/C12H19BrOS/c1-12(2,3)15(4,5)14-11-9-7-6-8-10(11)13/h6-9H,1-5H3. The van der Waals surface area contributed by atoms with Gasteiger partial charge in [0.05, 0.1) is 4.47 Å². The molecule has 0 aliphatic rings. The van der Waals surface area contributed by atoms with E-state index in [4.69, 9.17) is 4.18 Å². The van der Waals surface area contributed by atoms with Gasteiger partial charge in [-0.25, -0.2) is 0 Å². The second kappa shape index (κ2) is 4.38. The highest BCUT2D eigenvalue weighted by molar-refractivity contribution is 9.10. The Morgan fingerprint density at radius 1 is 1.13 bits per heavy atom. The fourth-order valence-electron chi connectivity index (χ4n) is 0.862. The van der Waals surface area contributed by atoms with E-state index in [1.165, 1.54) is 0 Å². The van der Waals surface area contributed by atoms with Gasteiger partial charge in [-0.15, -0.1) is 0 Å². The summed E-state index contributed by atoms with van der Waals surface area (Å²) in [5.41, 5.74) is 0. The van der Waals surface area contributed by atoms with Crippen LogP contribution in [0.2, 0.25) is 0 Å². The maximum atomic E-state index is 6.13. The van der Waals surface area contributed by atoms with Crippen LogP contribution >= 0.6 is 26.2 Å². The van der Waals surface area contributed by atoms with Gasteiger partial charge in [-0.1, -0.05) is 22.4 Å². The summed E-state index contributed by atoms with van der Waals surface area (Å²) in [4.78, 5) is 0. The first-order chi connectivity index (χ1) is 6.74. The van der Waals surface area contributed by atoms with Gasteiger partial charge in [0.25, 0.3) is 0 Å². The van der Waals surface area contributed by atoms with E-state index >= 15 is 0 Å². The van der Waals surface area contributed by atoms with Gasteiger partial charge in [0.15, 0.2) is 0 Å². The van der Waals surface area contributed by atoms with Crippen molar-refractivity contribution >= 4 is 26.2 Å². The van der Waals surface area contributed by atoms with E-state index in [2.05, 4.69) is 49.2 Å². The lowest BCUT2D eigenvalue weighted by Gasteiger charge is -2.43. The quantitative estimate of drug-likeness (QED) is 0.773. The van der Waals surface area contributed by atoms with E-state index in [-0.39, 0.29) is 4.75 Å². The molecule has 0 spiro atoms. The molecule has 0 saturated carbocycles. The smallest absolute Gasteiger partial charge is 0.149 e. The summed E-state index contributed by atoms with van der Waals surface area (Å²) in [6.45, 7) is 6.66. The molecular weight excluding hydrogens is 272 g/mol. The van der Waals surface area contributed by atoms with E-state index in [1.54, 1.807) is 0 Å². The van der Waals surface area contributed by atoms with Crippen molar-refractivity contribution in [3.8, 4) is 5.75 Å². The number of rotatable bonds is 2. The Balaban J connectivity index is 2.92. The largest absolute Gasteiger partial charge is 0.448 e. The van der Waals surface area contributed by atoms with Crippen LogP contribution in [0.1, 0.15) is 20.8 Å². The highest BCUT2D eigenvalue weighted by Crippen LogP contribution is 2.54. The summed E-state index contributed by atoms with van der Waals surface area (Å²) in [5, 5.41) is 0. The minimum absolute atomic E-state index is 0.183. The number of benzene rings is 1. The van der Waals surface area contributed by atoms with Gasteiger partial charge in [-0.05, 0) is 61.3 Å². The molecule has 0 bridgehead atoms. The molecule has 0 radical (unpaired) electrons. The van der Waals surface area contributed by atoms with E-state index < -0.39 is 10.3 Å². The molecule has 0 unspecified atom stereocenters. The van der Waals surface area contributed by atoms with E-state index in [0.29, 0.717) is 0 Å². The van der Waals surface area contributed by atoms with Crippen molar-refractivity contribution in [3.05, 3.63) is 28.7 Å². The Hall–Kier alpha value is -0.150. The van der Waals surface area contributed by atoms with E-state index in [1.807, 2.05) is 24.3 Å². The highest BCUT2D eigenvalue weighted by atomic mass is 79.9. The monoisotopic (exact) mass is 290 g/mol. The Morgan fingerprint density at radius 3 is 2.13 bits per heavy atom. The first-order valence-corrected chi connectivity index (χ1v) is 8.08. The molecule has 0 aromatic heterocycles. The Labute approximate surface area is 103 Å². The van der Waals surface area contributed by atoms with Gasteiger partial charge in [-0.3, -0.25) is 0 Å². The topological polar surface area (TPSA) is 9.23 Å². The van der Waals surface area contributed by atoms with E-state index in [9.17, 15) is 0 Å². The van der Waals surface area contributed by atoms with Crippen LogP contribution in [-0.2, 0) is 0 Å². The van der Waals surface area contributed by atoms with Gasteiger partial charge in [-0.2, -0.15) is 0 Å². The first kappa shape index (κ1) is 12.9. The third kappa shape index (κ3) is 3.15. The normalized spacial score (nSPS) is 13.7. The lowest BCUT2D eigenvalue weighted by atomic mass is 10.3. The van der Waals surface area contributed by atoms with Crippen LogP contribution in [0.15, 0.2) is 28.7 Å². The zero-order valence-electron chi connectivity index (χ0n) is 10.0. The fourth-order valence-corrected chi connectivity index (χ4v) is 2.18. The van der Waals surface area contributed by atoms with Gasteiger partial charge in [0, 0.05) is 4.75 Å². The van der Waals surface area contributed by atoms with Crippen molar-refractivity contribution < 1.29 is 4.18 Å². The van der Waals surface area contributed by atoms with Gasteiger partial charge in [0.2, 0.25) is 0 Å². The molecule has 3 heteroatoms. The van der Waals surface area contributed by atoms with Crippen LogP contribution in [-0.4, -0.2) is 17.3 Å². The number of hydrogen-bond donors (Lipinski definition) is 0. The zero-order chi connectivity index (χ0) is 11.7. The molecule has 0 saturated heterocycles. The lowest BCUT2D eigenvalue weighted by Crippen LogP contribution is -2.27. The number of halogens is 1. The molecule has 0 aliphatic carbocycles. The van der Waals surface area contributed by atoms with Gasteiger partial charge < -0.3 is 4.18 Å². The summed E-state index contributed by atoms with van der Waals surface area (Å²) in [6, 6.07) is 8.01. The predicted molar refractivity (Wildman–Crippen MR) is 74.0 cm³/mol. The average Bonchev–Trinajstić information content (AvgIpc) is 2.06. The molecule has 1 rings (SSSR count). The molecule has 86 valence electrons. The predicted octanol–water partition coefficient (Wildman–Crippen LogP) is 4.61. The molecule has 1 aromatic carbocycles. The summed E-state index contributed by atoms with van der Waals surface area (Å²) in [6.07, 6.45) is 4.40. The molecule has 0 N–H and O–H groups in total. The van der Waals surface area contributed by atoms with Gasteiger partial charge >= 0.3 is 0 Å². The zero-order valence-corrected chi connectivity index (χ0v) is 12.4. The minimum Gasteiger partial charge on any atom is -0.448 e. The molecule has 0 aliphatic heterocycles. The lowest BCUT2D eigenvalue weighted by molar-refractivity contribution is 0.583. The average molecular weight is 291 g/mol.